The highest BCUT2D eigenvalue weighted by Crippen LogP contribution is 2.63. The maximum absolute atomic E-state index is 11.5. The first-order valence-electron chi connectivity index (χ1n) is 9.09. The normalized spacial score (nSPS) is 33.3. The number of carbonyl (C=O) groups excluding carboxylic acids is 2. The molecule has 3 aliphatic rings. The Morgan fingerprint density at radius 2 is 2.16 bits per heavy atom. The van der Waals surface area contributed by atoms with Gasteiger partial charge in [0.15, 0.2) is 0 Å². The molecule has 1 aromatic carbocycles. The standard InChI is InChI=1S/C21H23BrO3/c1-12(24)25-15-4-6-16-13(9-15)3-5-18-17(16)7-8-21(2)19(18)10-14(11-23)20(21)22/h4,6,9,11,17-19H,3,5,7-8,10H2,1-2H3/t17-,18-,19+,21+/m1/s1. The summed E-state index contributed by atoms with van der Waals surface area (Å²) in [6.07, 6.45) is 6.38. The van der Waals surface area contributed by atoms with Gasteiger partial charge in [-0.1, -0.05) is 28.9 Å². The second-order valence-corrected chi connectivity index (χ2v) is 8.78. The second-order valence-electron chi connectivity index (χ2n) is 7.99. The van der Waals surface area contributed by atoms with E-state index in [1.165, 1.54) is 18.1 Å². The van der Waals surface area contributed by atoms with Gasteiger partial charge in [0.1, 0.15) is 12.0 Å². The van der Waals surface area contributed by atoms with E-state index in [0.29, 0.717) is 23.5 Å². The van der Waals surface area contributed by atoms with Gasteiger partial charge in [-0.2, -0.15) is 0 Å². The Morgan fingerprint density at radius 1 is 1.36 bits per heavy atom. The molecule has 0 aromatic heterocycles. The van der Waals surface area contributed by atoms with E-state index in [0.717, 1.165) is 48.4 Å². The number of rotatable bonds is 2. The Kier molecular flexibility index (Phi) is 4.14. The van der Waals surface area contributed by atoms with Gasteiger partial charge in [0.2, 0.25) is 0 Å². The molecule has 25 heavy (non-hydrogen) atoms. The van der Waals surface area contributed by atoms with Crippen molar-refractivity contribution in [1.82, 2.24) is 0 Å². The molecule has 0 N–H and O–H groups in total. The first-order chi connectivity index (χ1) is 11.9. The minimum atomic E-state index is -0.273. The van der Waals surface area contributed by atoms with Crippen molar-refractivity contribution in [3.05, 3.63) is 39.4 Å². The number of allylic oxidation sites excluding steroid dienone is 2. The molecular weight excluding hydrogens is 380 g/mol. The van der Waals surface area contributed by atoms with Crippen molar-refractivity contribution in [3.63, 3.8) is 0 Å². The maximum atomic E-state index is 11.5. The SMILES string of the molecule is CC(=O)Oc1ccc2c(c1)CC[C@@H]1[C@@H]2CC[C@]2(C)C(Br)=C(C=O)C[C@@H]12. The van der Waals surface area contributed by atoms with Crippen molar-refractivity contribution < 1.29 is 14.3 Å². The predicted molar refractivity (Wildman–Crippen MR) is 99.8 cm³/mol. The molecule has 0 aliphatic heterocycles. The Labute approximate surface area is 157 Å². The van der Waals surface area contributed by atoms with Crippen LogP contribution in [0.3, 0.4) is 0 Å². The summed E-state index contributed by atoms with van der Waals surface area (Å²) in [6, 6.07) is 6.13. The van der Waals surface area contributed by atoms with Gasteiger partial charge in [-0.05, 0) is 73.1 Å². The van der Waals surface area contributed by atoms with E-state index in [2.05, 4.69) is 28.9 Å². The third-order valence-corrected chi connectivity index (χ3v) is 8.13. The summed E-state index contributed by atoms with van der Waals surface area (Å²) < 4.78 is 6.40. The van der Waals surface area contributed by atoms with Gasteiger partial charge < -0.3 is 4.74 Å². The Hall–Kier alpha value is -1.42. The minimum absolute atomic E-state index is 0.118. The van der Waals surface area contributed by atoms with E-state index in [1.807, 2.05) is 12.1 Å². The molecule has 3 aliphatic carbocycles. The lowest BCUT2D eigenvalue weighted by atomic mass is 9.56. The fourth-order valence-corrected chi connectivity index (χ4v) is 6.30. The van der Waals surface area contributed by atoms with E-state index < -0.39 is 0 Å². The highest BCUT2D eigenvalue weighted by Gasteiger charge is 2.53. The third kappa shape index (κ3) is 2.61. The maximum Gasteiger partial charge on any atom is 0.308 e. The molecule has 0 spiro atoms. The number of esters is 1. The first kappa shape index (κ1) is 17.0. The van der Waals surface area contributed by atoms with Gasteiger partial charge in [0.25, 0.3) is 0 Å². The van der Waals surface area contributed by atoms with Crippen LogP contribution in [-0.4, -0.2) is 12.3 Å². The van der Waals surface area contributed by atoms with Crippen LogP contribution in [0.25, 0.3) is 0 Å². The summed E-state index contributed by atoms with van der Waals surface area (Å²) in [5.41, 5.74) is 3.82. The van der Waals surface area contributed by atoms with E-state index in [1.54, 1.807) is 0 Å². The lowest BCUT2D eigenvalue weighted by Crippen LogP contribution is -2.40. The summed E-state index contributed by atoms with van der Waals surface area (Å²) in [5, 5.41) is 0. The molecule has 4 atom stereocenters. The highest BCUT2D eigenvalue weighted by atomic mass is 79.9. The van der Waals surface area contributed by atoms with Gasteiger partial charge in [-0.25, -0.2) is 0 Å². The van der Waals surface area contributed by atoms with Crippen LogP contribution in [0, 0.1) is 17.3 Å². The van der Waals surface area contributed by atoms with Crippen molar-refractivity contribution >= 4 is 28.2 Å². The van der Waals surface area contributed by atoms with Crippen LogP contribution in [0.5, 0.6) is 5.75 Å². The second kappa shape index (κ2) is 6.08. The predicted octanol–water partition coefficient (Wildman–Crippen LogP) is 4.93. The first-order valence-corrected chi connectivity index (χ1v) is 9.89. The number of hydrogen-bond donors (Lipinski definition) is 0. The van der Waals surface area contributed by atoms with Crippen molar-refractivity contribution in [2.75, 3.05) is 0 Å². The van der Waals surface area contributed by atoms with E-state index in [-0.39, 0.29) is 11.4 Å². The molecule has 0 saturated heterocycles. The van der Waals surface area contributed by atoms with Crippen molar-refractivity contribution in [2.24, 2.45) is 17.3 Å². The number of aryl methyl sites for hydroxylation is 1. The number of carbonyl (C=O) groups is 2. The number of ether oxygens (including phenoxy) is 1. The lowest BCUT2D eigenvalue weighted by Gasteiger charge is -2.49. The van der Waals surface area contributed by atoms with Crippen LogP contribution in [0.15, 0.2) is 28.3 Å². The molecule has 4 rings (SSSR count). The van der Waals surface area contributed by atoms with Gasteiger partial charge in [0, 0.05) is 22.4 Å². The summed E-state index contributed by atoms with van der Waals surface area (Å²) >= 11 is 3.74. The molecule has 0 heterocycles. The zero-order valence-corrected chi connectivity index (χ0v) is 16.3. The van der Waals surface area contributed by atoms with Crippen molar-refractivity contribution in [1.29, 1.82) is 0 Å². The smallest absolute Gasteiger partial charge is 0.308 e. The Balaban J connectivity index is 1.65. The molecule has 0 unspecified atom stereocenters. The average Bonchev–Trinajstić information content (AvgIpc) is 2.85. The number of fused-ring (bicyclic) bond motifs is 5. The highest BCUT2D eigenvalue weighted by molar-refractivity contribution is 9.11. The van der Waals surface area contributed by atoms with Gasteiger partial charge >= 0.3 is 5.97 Å². The largest absolute Gasteiger partial charge is 0.427 e. The fourth-order valence-electron chi connectivity index (χ4n) is 5.55. The molecule has 3 nitrogen and oxygen atoms in total. The molecule has 0 radical (unpaired) electrons. The number of hydrogen-bond acceptors (Lipinski definition) is 3. The zero-order valence-electron chi connectivity index (χ0n) is 14.7. The lowest BCUT2D eigenvalue weighted by molar-refractivity contribution is -0.131. The summed E-state index contributed by atoms with van der Waals surface area (Å²) in [4.78, 5) is 22.7. The number of halogens is 1. The Bertz CT molecular complexity index is 781. The summed E-state index contributed by atoms with van der Waals surface area (Å²) in [6.45, 7) is 3.76. The topological polar surface area (TPSA) is 43.4 Å². The van der Waals surface area contributed by atoms with Crippen molar-refractivity contribution in [3.8, 4) is 5.75 Å². The summed E-state index contributed by atoms with van der Waals surface area (Å²) in [7, 11) is 0. The summed E-state index contributed by atoms with van der Waals surface area (Å²) in [5.74, 6) is 2.10. The van der Waals surface area contributed by atoms with Crippen LogP contribution in [-0.2, 0) is 16.0 Å². The van der Waals surface area contributed by atoms with Crippen LogP contribution < -0.4 is 4.74 Å². The molecule has 0 bridgehead atoms. The zero-order chi connectivity index (χ0) is 17.8. The fraction of sp³-hybridized carbons (Fsp3) is 0.524. The molecule has 4 heteroatoms. The van der Waals surface area contributed by atoms with Gasteiger partial charge in [0.05, 0.1) is 0 Å². The number of benzene rings is 1. The molecule has 1 saturated carbocycles. The van der Waals surface area contributed by atoms with Crippen molar-refractivity contribution in [2.45, 2.75) is 51.9 Å². The van der Waals surface area contributed by atoms with Crippen LogP contribution in [0.1, 0.15) is 56.6 Å². The number of aldehydes is 1. The quantitative estimate of drug-likeness (QED) is 0.400. The van der Waals surface area contributed by atoms with E-state index >= 15 is 0 Å². The molecule has 1 aromatic rings. The minimum Gasteiger partial charge on any atom is -0.427 e. The monoisotopic (exact) mass is 402 g/mol. The van der Waals surface area contributed by atoms with Crippen LogP contribution in [0.4, 0.5) is 0 Å². The van der Waals surface area contributed by atoms with Gasteiger partial charge in [-0.3, -0.25) is 9.59 Å². The molecule has 0 amide bonds. The third-order valence-electron chi connectivity index (χ3n) is 6.71. The van der Waals surface area contributed by atoms with E-state index in [4.69, 9.17) is 4.74 Å². The Morgan fingerprint density at radius 3 is 2.88 bits per heavy atom. The van der Waals surface area contributed by atoms with Crippen LogP contribution in [0.2, 0.25) is 0 Å². The van der Waals surface area contributed by atoms with Crippen LogP contribution >= 0.6 is 15.9 Å². The van der Waals surface area contributed by atoms with Gasteiger partial charge in [-0.15, -0.1) is 0 Å². The molecular formula is C21H23BrO3. The molecule has 132 valence electrons. The van der Waals surface area contributed by atoms with E-state index in [9.17, 15) is 9.59 Å². The molecule has 1 fully saturated rings. The average molecular weight is 403 g/mol.